The lowest BCUT2D eigenvalue weighted by molar-refractivity contribution is 0.410. The summed E-state index contributed by atoms with van der Waals surface area (Å²) in [5, 5.41) is 4.12. The Morgan fingerprint density at radius 1 is 1.28 bits per heavy atom. The molecule has 1 aromatic carbocycles. The molecule has 3 heteroatoms. The van der Waals surface area contributed by atoms with E-state index in [1.807, 2.05) is 18.2 Å². The molecule has 1 N–H and O–H groups in total. The maximum absolute atomic E-state index is 5.98. The zero-order valence-electron chi connectivity index (χ0n) is 11.2. The first-order chi connectivity index (χ1) is 8.77. The van der Waals surface area contributed by atoms with Gasteiger partial charge in [-0.1, -0.05) is 30.7 Å². The first-order valence-corrected chi connectivity index (χ1v) is 6.83. The minimum Gasteiger partial charge on any atom is -0.496 e. The van der Waals surface area contributed by atoms with Crippen LogP contribution in [-0.2, 0) is 6.42 Å². The Hall–Kier alpha value is -0.990. The molecule has 0 aliphatic carbocycles. The van der Waals surface area contributed by atoms with Crippen LogP contribution in [-0.4, -0.2) is 20.2 Å². The predicted molar refractivity (Wildman–Crippen MR) is 78.6 cm³/mol. The fraction of sp³-hybridized carbons (Fsp3) is 0.467. The molecule has 0 spiro atoms. The van der Waals surface area contributed by atoms with Crippen molar-refractivity contribution >= 4 is 11.6 Å². The third kappa shape index (κ3) is 5.56. The molecule has 0 fully saturated rings. The van der Waals surface area contributed by atoms with Crippen molar-refractivity contribution in [3.05, 3.63) is 40.9 Å². The van der Waals surface area contributed by atoms with E-state index in [0.717, 1.165) is 42.3 Å². The molecule has 18 heavy (non-hydrogen) atoms. The molecule has 0 aromatic heterocycles. The van der Waals surface area contributed by atoms with E-state index in [2.05, 4.69) is 24.4 Å². The highest BCUT2D eigenvalue weighted by Crippen LogP contribution is 2.23. The predicted octanol–water partition coefficient (Wildman–Crippen LogP) is 3.84. The normalized spacial score (nSPS) is 11.1. The molecular formula is C15H22ClNO. The average molecular weight is 268 g/mol. The van der Waals surface area contributed by atoms with E-state index in [1.165, 1.54) is 6.42 Å². The molecular weight excluding hydrogens is 246 g/mol. The van der Waals surface area contributed by atoms with E-state index in [1.54, 1.807) is 7.11 Å². The Balaban J connectivity index is 2.38. The SMILES string of the molecule is CCCNCCC=CCc1cc(Cl)ccc1OC. The van der Waals surface area contributed by atoms with Crippen LogP contribution in [0.3, 0.4) is 0 Å². The molecule has 0 amide bonds. The minimum atomic E-state index is 0.754. The van der Waals surface area contributed by atoms with Gasteiger partial charge in [0.05, 0.1) is 7.11 Å². The summed E-state index contributed by atoms with van der Waals surface area (Å²) < 4.78 is 5.31. The van der Waals surface area contributed by atoms with Crippen molar-refractivity contribution < 1.29 is 4.74 Å². The quantitative estimate of drug-likeness (QED) is 0.571. The van der Waals surface area contributed by atoms with Crippen LogP contribution >= 0.6 is 11.6 Å². The Morgan fingerprint density at radius 2 is 2.11 bits per heavy atom. The fourth-order valence-corrected chi connectivity index (χ4v) is 1.92. The van der Waals surface area contributed by atoms with Gasteiger partial charge in [0.2, 0.25) is 0 Å². The molecule has 100 valence electrons. The number of halogens is 1. The summed E-state index contributed by atoms with van der Waals surface area (Å²) >= 11 is 5.98. The number of hydrogen-bond acceptors (Lipinski definition) is 2. The lowest BCUT2D eigenvalue weighted by Gasteiger charge is -2.06. The standard InChI is InChI=1S/C15H22ClNO/c1-3-10-17-11-6-4-5-7-13-12-14(16)8-9-15(13)18-2/h4-5,8-9,12,17H,3,6-7,10-11H2,1-2H3. The first-order valence-electron chi connectivity index (χ1n) is 6.46. The van der Waals surface area contributed by atoms with Crippen molar-refractivity contribution in [1.29, 1.82) is 0 Å². The summed E-state index contributed by atoms with van der Waals surface area (Å²) in [7, 11) is 1.69. The van der Waals surface area contributed by atoms with E-state index < -0.39 is 0 Å². The summed E-state index contributed by atoms with van der Waals surface area (Å²) in [5.74, 6) is 0.896. The van der Waals surface area contributed by atoms with Crippen molar-refractivity contribution in [3.8, 4) is 5.75 Å². The number of methoxy groups -OCH3 is 1. The summed E-state index contributed by atoms with van der Waals surface area (Å²) in [5.41, 5.74) is 1.13. The second-order valence-electron chi connectivity index (χ2n) is 4.17. The fourth-order valence-electron chi connectivity index (χ4n) is 1.72. The Bertz CT molecular complexity index is 377. The maximum atomic E-state index is 5.98. The number of hydrogen-bond donors (Lipinski definition) is 1. The molecule has 0 radical (unpaired) electrons. The monoisotopic (exact) mass is 267 g/mol. The molecule has 2 nitrogen and oxygen atoms in total. The molecule has 0 unspecified atom stereocenters. The third-order valence-corrected chi connectivity index (χ3v) is 2.90. The molecule has 0 saturated heterocycles. The minimum absolute atomic E-state index is 0.754. The number of ether oxygens (including phenoxy) is 1. The summed E-state index contributed by atoms with van der Waals surface area (Å²) in [6, 6.07) is 5.72. The van der Waals surface area contributed by atoms with Gasteiger partial charge in [-0.05, 0) is 56.1 Å². The van der Waals surface area contributed by atoms with Crippen LogP contribution in [0.15, 0.2) is 30.4 Å². The summed E-state index contributed by atoms with van der Waals surface area (Å²) in [6.07, 6.45) is 7.47. The average Bonchev–Trinajstić information content (AvgIpc) is 2.38. The van der Waals surface area contributed by atoms with Crippen LogP contribution in [0.5, 0.6) is 5.75 Å². The highest BCUT2D eigenvalue weighted by Gasteiger charge is 2.01. The van der Waals surface area contributed by atoms with Crippen LogP contribution in [0, 0.1) is 0 Å². The van der Waals surface area contributed by atoms with Gasteiger partial charge in [-0.15, -0.1) is 0 Å². The highest BCUT2D eigenvalue weighted by molar-refractivity contribution is 6.30. The van der Waals surface area contributed by atoms with Crippen LogP contribution in [0.4, 0.5) is 0 Å². The van der Waals surface area contributed by atoms with Gasteiger partial charge in [0.15, 0.2) is 0 Å². The largest absolute Gasteiger partial charge is 0.496 e. The maximum Gasteiger partial charge on any atom is 0.122 e. The van der Waals surface area contributed by atoms with E-state index in [-0.39, 0.29) is 0 Å². The smallest absolute Gasteiger partial charge is 0.122 e. The summed E-state index contributed by atoms with van der Waals surface area (Å²) in [6.45, 7) is 4.31. The molecule has 0 aliphatic heterocycles. The molecule has 0 heterocycles. The lowest BCUT2D eigenvalue weighted by Crippen LogP contribution is -2.15. The van der Waals surface area contributed by atoms with Gasteiger partial charge in [-0.2, -0.15) is 0 Å². The van der Waals surface area contributed by atoms with Gasteiger partial charge in [0.25, 0.3) is 0 Å². The molecule has 1 aromatic rings. The van der Waals surface area contributed by atoms with Crippen LogP contribution in [0.2, 0.25) is 5.02 Å². The van der Waals surface area contributed by atoms with E-state index in [9.17, 15) is 0 Å². The van der Waals surface area contributed by atoms with Gasteiger partial charge >= 0.3 is 0 Å². The van der Waals surface area contributed by atoms with Gasteiger partial charge in [0.1, 0.15) is 5.75 Å². The van der Waals surface area contributed by atoms with Crippen molar-refractivity contribution in [2.45, 2.75) is 26.2 Å². The topological polar surface area (TPSA) is 21.3 Å². The van der Waals surface area contributed by atoms with Crippen LogP contribution in [0.25, 0.3) is 0 Å². The molecule has 1 rings (SSSR count). The zero-order chi connectivity index (χ0) is 13.2. The van der Waals surface area contributed by atoms with Gasteiger partial charge in [-0.3, -0.25) is 0 Å². The highest BCUT2D eigenvalue weighted by atomic mass is 35.5. The second kappa shape index (κ2) is 9.01. The van der Waals surface area contributed by atoms with E-state index >= 15 is 0 Å². The number of nitrogens with one attached hydrogen (secondary N) is 1. The van der Waals surface area contributed by atoms with Crippen molar-refractivity contribution in [1.82, 2.24) is 5.32 Å². The van der Waals surface area contributed by atoms with Crippen molar-refractivity contribution in [2.24, 2.45) is 0 Å². The zero-order valence-corrected chi connectivity index (χ0v) is 12.0. The van der Waals surface area contributed by atoms with Crippen molar-refractivity contribution in [3.63, 3.8) is 0 Å². The van der Waals surface area contributed by atoms with Crippen molar-refractivity contribution in [2.75, 3.05) is 20.2 Å². The Labute approximate surface area is 115 Å². The number of allylic oxidation sites excluding steroid dienone is 1. The van der Waals surface area contributed by atoms with Gasteiger partial charge in [0, 0.05) is 5.02 Å². The Morgan fingerprint density at radius 3 is 2.83 bits per heavy atom. The van der Waals surface area contributed by atoms with Crippen LogP contribution in [0.1, 0.15) is 25.3 Å². The molecule has 0 bridgehead atoms. The first kappa shape index (κ1) is 15.1. The molecule has 0 aliphatic rings. The number of benzene rings is 1. The molecule has 0 atom stereocenters. The van der Waals surface area contributed by atoms with E-state index in [0.29, 0.717) is 0 Å². The van der Waals surface area contributed by atoms with Gasteiger partial charge in [-0.25, -0.2) is 0 Å². The second-order valence-corrected chi connectivity index (χ2v) is 4.61. The van der Waals surface area contributed by atoms with Gasteiger partial charge < -0.3 is 10.1 Å². The third-order valence-electron chi connectivity index (χ3n) is 2.66. The lowest BCUT2D eigenvalue weighted by atomic mass is 10.1. The Kier molecular flexibility index (Phi) is 7.54. The van der Waals surface area contributed by atoms with E-state index in [4.69, 9.17) is 16.3 Å². The molecule has 0 saturated carbocycles. The van der Waals surface area contributed by atoms with Crippen LogP contribution < -0.4 is 10.1 Å². The number of rotatable bonds is 8. The summed E-state index contributed by atoms with van der Waals surface area (Å²) in [4.78, 5) is 0.